The number of carbonyl (C=O) groups excluding carboxylic acids is 2. The van der Waals surface area contributed by atoms with E-state index >= 15 is 0 Å². The lowest BCUT2D eigenvalue weighted by Gasteiger charge is -2.26. The van der Waals surface area contributed by atoms with Gasteiger partial charge in [-0.1, -0.05) is 19.9 Å². The number of carbonyl (C=O) groups is 2. The molecule has 0 heterocycles. The summed E-state index contributed by atoms with van der Waals surface area (Å²) >= 11 is 0. The molecule has 0 fully saturated rings. The van der Waals surface area contributed by atoms with Gasteiger partial charge in [-0.2, -0.15) is 0 Å². The van der Waals surface area contributed by atoms with Gasteiger partial charge in [-0.05, 0) is 42.0 Å². The average Bonchev–Trinajstić information content (AvgIpc) is 2.71. The van der Waals surface area contributed by atoms with Crippen LogP contribution in [0.5, 0.6) is 11.5 Å². The Kier molecular flexibility index (Phi) is 6.87. The van der Waals surface area contributed by atoms with Crippen LogP contribution in [0.15, 0.2) is 42.5 Å². The van der Waals surface area contributed by atoms with Crippen LogP contribution in [0.1, 0.15) is 29.8 Å². The summed E-state index contributed by atoms with van der Waals surface area (Å²) in [7, 11) is 4.50. The molecule has 7 heteroatoms. The molecule has 0 saturated heterocycles. The molecule has 0 saturated carbocycles. The maximum atomic E-state index is 12.2. The van der Waals surface area contributed by atoms with Crippen LogP contribution in [0.25, 0.3) is 0 Å². The highest BCUT2D eigenvalue weighted by Gasteiger charge is 2.23. The summed E-state index contributed by atoms with van der Waals surface area (Å²) in [6.07, 6.45) is 0. The Morgan fingerprint density at radius 3 is 2.14 bits per heavy atom. The van der Waals surface area contributed by atoms with Crippen molar-refractivity contribution in [2.24, 2.45) is 0 Å². The van der Waals surface area contributed by atoms with Crippen LogP contribution in [0.3, 0.4) is 0 Å². The van der Waals surface area contributed by atoms with Crippen LogP contribution in [0, 0.1) is 0 Å². The highest BCUT2D eigenvalue weighted by atomic mass is 16.5. The number of rotatable bonds is 7. The van der Waals surface area contributed by atoms with Crippen LogP contribution in [0.4, 0.5) is 10.5 Å². The average molecular weight is 386 g/mol. The molecule has 0 atom stereocenters. The minimum absolute atomic E-state index is 0.328. The fourth-order valence-corrected chi connectivity index (χ4v) is 2.64. The first-order valence-electron chi connectivity index (χ1n) is 8.76. The van der Waals surface area contributed by atoms with E-state index < -0.39 is 5.97 Å². The van der Waals surface area contributed by atoms with Crippen molar-refractivity contribution in [1.29, 1.82) is 0 Å². The highest BCUT2D eigenvalue weighted by Crippen LogP contribution is 2.32. The van der Waals surface area contributed by atoms with E-state index in [1.807, 2.05) is 32.0 Å². The molecular weight excluding hydrogens is 360 g/mol. The van der Waals surface area contributed by atoms with E-state index in [1.54, 1.807) is 38.5 Å². The third-order valence-corrected chi connectivity index (χ3v) is 4.42. The van der Waals surface area contributed by atoms with Crippen molar-refractivity contribution in [2.75, 3.05) is 33.2 Å². The van der Waals surface area contributed by atoms with Crippen LogP contribution in [-0.4, -0.2) is 39.9 Å². The SMILES string of the molecule is COC(=O)c1ccc(NC(=O)NCC(C)(C)c2ccc(OC)c(OC)c2)cc1. The van der Waals surface area contributed by atoms with Gasteiger partial charge < -0.3 is 24.8 Å². The number of anilines is 1. The zero-order chi connectivity index (χ0) is 20.7. The lowest BCUT2D eigenvalue weighted by molar-refractivity contribution is 0.0600. The Morgan fingerprint density at radius 1 is 0.929 bits per heavy atom. The van der Waals surface area contributed by atoms with Gasteiger partial charge in [0, 0.05) is 17.6 Å². The number of esters is 1. The maximum Gasteiger partial charge on any atom is 0.337 e. The predicted octanol–water partition coefficient (Wildman–Crippen LogP) is 3.59. The molecule has 0 spiro atoms. The number of hydrogen-bond acceptors (Lipinski definition) is 5. The van der Waals surface area contributed by atoms with Gasteiger partial charge >= 0.3 is 12.0 Å². The number of benzene rings is 2. The van der Waals surface area contributed by atoms with Crippen LogP contribution >= 0.6 is 0 Å². The molecule has 2 aromatic carbocycles. The maximum absolute atomic E-state index is 12.2. The summed E-state index contributed by atoms with van der Waals surface area (Å²) in [6.45, 7) is 4.47. The fraction of sp³-hybridized carbons (Fsp3) is 0.333. The largest absolute Gasteiger partial charge is 0.493 e. The molecule has 28 heavy (non-hydrogen) atoms. The second-order valence-electron chi connectivity index (χ2n) is 6.83. The van der Waals surface area contributed by atoms with Gasteiger partial charge in [0.05, 0.1) is 26.9 Å². The van der Waals surface area contributed by atoms with Gasteiger partial charge in [-0.25, -0.2) is 9.59 Å². The minimum atomic E-state index is -0.423. The van der Waals surface area contributed by atoms with E-state index in [2.05, 4.69) is 15.4 Å². The summed E-state index contributed by atoms with van der Waals surface area (Å²) in [6, 6.07) is 11.8. The normalized spacial score (nSPS) is 10.8. The molecule has 2 amide bonds. The molecule has 2 rings (SSSR count). The molecule has 0 aliphatic rings. The molecule has 0 unspecified atom stereocenters. The fourth-order valence-electron chi connectivity index (χ4n) is 2.64. The summed E-state index contributed by atoms with van der Waals surface area (Å²) in [5.41, 5.74) is 1.68. The molecule has 0 aromatic heterocycles. The molecule has 0 aliphatic carbocycles. The van der Waals surface area contributed by atoms with Crippen molar-refractivity contribution in [1.82, 2.24) is 5.32 Å². The van der Waals surface area contributed by atoms with Crippen molar-refractivity contribution in [3.05, 3.63) is 53.6 Å². The van der Waals surface area contributed by atoms with E-state index in [9.17, 15) is 9.59 Å². The highest BCUT2D eigenvalue weighted by molar-refractivity contribution is 5.92. The lowest BCUT2D eigenvalue weighted by Crippen LogP contribution is -2.39. The van der Waals surface area contributed by atoms with Crippen LogP contribution in [-0.2, 0) is 10.2 Å². The first kappa shape index (κ1) is 21.1. The number of amides is 2. The van der Waals surface area contributed by atoms with E-state index in [0.29, 0.717) is 29.3 Å². The zero-order valence-electron chi connectivity index (χ0n) is 16.8. The second-order valence-corrected chi connectivity index (χ2v) is 6.83. The Hall–Kier alpha value is -3.22. The van der Waals surface area contributed by atoms with Crippen LogP contribution in [0.2, 0.25) is 0 Å². The van der Waals surface area contributed by atoms with Crippen molar-refractivity contribution >= 4 is 17.7 Å². The Labute approximate surface area is 165 Å². The Bertz CT molecular complexity index is 831. The number of hydrogen-bond donors (Lipinski definition) is 2. The van der Waals surface area contributed by atoms with Crippen molar-refractivity contribution < 1.29 is 23.8 Å². The van der Waals surface area contributed by atoms with Gasteiger partial charge in [-0.3, -0.25) is 0 Å². The monoisotopic (exact) mass is 386 g/mol. The molecule has 0 radical (unpaired) electrons. The third-order valence-electron chi connectivity index (χ3n) is 4.42. The van der Waals surface area contributed by atoms with E-state index in [0.717, 1.165) is 5.56 Å². The van der Waals surface area contributed by atoms with E-state index in [-0.39, 0.29) is 11.4 Å². The summed E-state index contributed by atoms with van der Waals surface area (Å²) in [5, 5.41) is 5.61. The third kappa shape index (κ3) is 5.16. The number of ether oxygens (including phenoxy) is 3. The molecule has 150 valence electrons. The molecule has 0 aliphatic heterocycles. The number of urea groups is 1. The standard InChI is InChI=1S/C21H26N2O5/c1-21(2,15-8-11-17(26-3)18(12-15)27-4)13-22-20(25)23-16-9-6-14(7-10-16)19(24)28-5/h6-12H,13H2,1-5H3,(H2,22,23,25). The second kappa shape index (κ2) is 9.12. The Balaban J connectivity index is 1.98. The van der Waals surface area contributed by atoms with E-state index in [4.69, 9.17) is 9.47 Å². The van der Waals surface area contributed by atoms with Gasteiger partial charge in [0.2, 0.25) is 0 Å². The topological polar surface area (TPSA) is 85.9 Å². The number of nitrogens with one attached hydrogen (secondary N) is 2. The molecule has 7 nitrogen and oxygen atoms in total. The minimum Gasteiger partial charge on any atom is -0.493 e. The number of methoxy groups -OCH3 is 3. The zero-order valence-corrected chi connectivity index (χ0v) is 16.8. The lowest BCUT2D eigenvalue weighted by atomic mass is 9.84. The first-order valence-corrected chi connectivity index (χ1v) is 8.76. The van der Waals surface area contributed by atoms with Gasteiger partial charge in [0.1, 0.15) is 0 Å². The Morgan fingerprint density at radius 2 is 1.57 bits per heavy atom. The van der Waals surface area contributed by atoms with E-state index in [1.165, 1.54) is 7.11 Å². The van der Waals surface area contributed by atoms with Gasteiger partial charge in [-0.15, -0.1) is 0 Å². The van der Waals surface area contributed by atoms with Gasteiger partial charge in [0.25, 0.3) is 0 Å². The summed E-state index contributed by atoms with van der Waals surface area (Å²) < 4.78 is 15.3. The molecule has 0 bridgehead atoms. The quantitative estimate of drug-likeness (QED) is 0.710. The van der Waals surface area contributed by atoms with Crippen molar-refractivity contribution in [3.8, 4) is 11.5 Å². The van der Waals surface area contributed by atoms with Gasteiger partial charge in [0.15, 0.2) is 11.5 Å². The molecular formula is C21H26N2O5. The summed E-state index contributed by atoms with van der Waals surface area (Å²) in [4.78, 5) is 23.7. The van der Waals surface area contributed by atoms with Crippen molar-refractivity contribution in [3.63, 3.8) is 0 Å². The van der Waals surface area contributed by atoms with Crippen molar-refractivity contribution in [2.45, 2.75) is 19.3 Å². The predicted molar refractivity (Wildman–Crippen MR) is 107 cm³/mol. The first-order chi connectivity index (χ1) is 13.3. The smallest absolute Gasteiger partial charge is 0.337 e. The molecule has 2 N–H and O–H groups in total. The molecule has 2 aromatic rings. The van der Waals surface area contributed by atoms with Crippen LogP contribution < -0.4 is 20.1 Å². The summed E-state index contributed by atoms with van der Waals surface area (Å²) in [5.74, 6) is 0.874.